The highest BCUT2D eigenvalue weighted by Crippen LogP contribution is 2.34. The molecule has 16 heavy (non-hydrogen) atoms. The van der Waals surface area contributed by atoms with Gasteiger partial charge in [-0.05, 0) is 25.1 Å². The monoisotopic (exact) mass is 223 g/mol. The number of nitrogen functional groups attached to an aromatic ring is 1. The molecule has 0 aromatic heterocycles. The van der Waals surface area contributed by atoms with Gasteiger partial charge >= 0.3 is 0 Å². The fourth-order valence-electron chi connectivity index (χ4n) is 1.84. The average Bonchev–Trinajstić information content (AvgIpc) is 2.21. The number of halogens is 1. The van der Waals surface area contributed by atoms with E-state index in [-0.39, 0.29) is 11.8 Å². The number of benzene rings is 1. The Morgan fingerprint density at radius 1 is 1.44 bits per heavy atom. The maximum Gasteiger partial charge on any atom is 0.282 e. The first-order valence-corrected chi connectivity index (χ1v) is 5.05. The number of aliphatic imine (C=N–C) groups is 1. The van der Waals surface area contributed by atoms with Gasteiger partial charge in [-0.15, -0.1) is 0 Å². The van der Waals surface area contributed by atoms with Gasteiger partial charge in [0.05, 0.1) is 12.1 Å². The summed E-state index contributed by atoms with van der Waals surface area (Å²) in [5, 5.41) is 0. The van der Waals surface area contributed by atoms with Crippen LogP contribution in [0.15, 0.2) is 23.2 Å². The predicted octanol–water partition coefficient (Wildman–Crippen LogP) is 1.36. The highest BCUT2D eigenvalue weighted by molar-refractivity contribution is 5.72. The van der Waals surface area contributed by atoms with Crippen LogP contribution in [-0.2, 0) is 10.3 Å². The second-order valence-corrected chi connectivity index (χ2v) is 4.06. The normalized spacial score (nSPS) is 24.8. The average molecular weight is 223 g/mol. The number of anilines is 1. The lowest BCUT2D eigenvalue weighted by Crippen LogP contribution is -2.34. The van der Waals surface area contributed by atoms with Gasteiger partial charge in [0.1, 0.15) is 5.82 Å². The first kappa shape index (κ1) is 10.7. The van der Waals surface area contributed by atoms with Crippen molar-refractivity contribution < 1.29 is 9.13 Å². The molecule has 5 heteroatoms. The maximum atomic E-state index is 13.7. The standard InChI is InChI=1S/C11H14FN3O/c1-11(4-5-16-10(14)15-11)8-6-7(13)2-3-9(8)12/h2-3,6H,4-5,13H2,1H3,(H2,14,15). The van der Waals surface area contributed by atoms with Gasteiger partial charge in [0, 0.05) is 17.7 Å². The summed E-state index contributed by atoms with van der Waals surface area (Å²) in [6.07, 6.45) is 0.577. The van der Waals surface area contributed by atoms with E-state index in [9.17, 15) is 4.39 Å². The van der Waals surface area contributed by atoms with Crippen molar-refractivity contribution in [1.82, 2.24) is 0 Å². The Morgan fingerprint density at radius 2 is 2.19 bits per heavy atom. The van der Waals surface area contributed by atoms with Crippen molar-refractivity contribution in [2.75, 3.05) is 12.3 Å². The molecule has 1 aliphatic heterocycles. The largest absolute Gasteiger partial charge is 0.465 e. The lowest BCUT2D eigenvalue weighted by molar-refractivity contribution is 0.215. The molecular weight excluding hydrogens is 209 g/mol. The summed E-state index contributed by atoms with van der Waals surface area (Å²) < 4.78 is 18.8. The maximum absolute atomic E-state index is 13.7. The summed E-state index contributed by atoms with van der Waals surface area (Å²) in [4.78, 5) is 4.16. The third kappa shape index (κ3) is 1.80. The molecule has 0 saturated carbocycles. The first-order valence-electron chi connectivity index (χ1n) is 5.05. The van der Waals surface area contributed by atoms with Gasteiger partial charge in [-0.25, -0.2) is 9.38 Å². The van der Waals surface area contributed by atoms with Gasteiger partial charge in [0.2, 0.25) is 0 Å². The number of nitrogens with zero attached hydrogens (tertiary/aromatic N) is 1. The minimum absolute atomic E-state index is 0.0931. The van der Waals surface area contributed by atoms with E-state index in [1.165, 1.54) is 12.1 Å². The molecule has 0 bridgehead atoms. The zero-order valence-electron chi connectivity index (χ0n) is 9.03. The molecule has 0 amide bonds. The van der Waals surface area contributed by atoms with Crippen LogP contribution in [0.3, 0.4) is 0 Å². The van der Waals surface area contributed by atoms with Gasteiger partial charge in [-0.3, -0.25) is 0 Å². The summed E-state index contributed by atoms with van der Waals surface area (Å²) in [7, 11) is 0. The number of hydrogen-bond donors (Lipinski definition) is 2. The molecule has 4 N–H and O–H groups in total. The Bertz CT molecular complexity index is 447. The van der Waals surface area contributed by atoms with Gasteiger partial charge < -0.3 is 16.2 Å². The Balaban J connectivity index is 2.50. The van der Waals surface area contributed by atoms with Crippen LogP contribution in [0.1, 0.15) is 18.9 Å². The zero-order valence-corrected chi connectivity index (χ0v) is 9.03. The topological polar surface area (TPSA) is 73.6 Å². The van der Waals surface area contributed by atoms with Gasteiger partial charge in [-0.1, -0.05) is 0 Å². The molecule has 4 nitrogen and oxygen atoms in total. The number of amidine groups is 1. The molecule has 0 saturated heterocycles. The number of ether oxygens (including phenoxy) is 1. The second-order valence-electron chi connectivity index (χ2n) is 4.06. The van der Waals surface area contributed by atoms with E-state index in [4.69, 9.17) is 16.2 Å². The second kappa shape index (κ2) is 3.66. The van der Waals surface area contributed by atoms with Crippen molar-refractivity contribution in [3.05, 3.63) is 29.6 Å². The van der Waals surface area contributed by atoms with Gasteiger partial charge in [0.15, 0.2) is 0 Å². The predicted molar refractivity (Wildman–Crippen MR) is 60.4 cm³/mol. The molecule has 0 radical (unpaired) electrons. The summed E-state index contributed by atoms with van der Waals surface area (Å²) in [5.41, 5.74) is 11.4. The Labute approximate surface area is 93.1 Å². The minimum atomic E-state index is -0.693. The van der Waals surface area contributed by atoms with E-state index in [0.29, 0.717) is 24.3 Å². The van der Waals surface area contributed by atoms with Crippen molar-refractivity contribution in [2.45, 2.75) is 18.9 Å². The minimum Gasteiger partial charge on any atom is -0.465 e. The molecular formula is C11H14FN3O. The molecule has 1 aromatic carbocycles. The van der Waals surface area contributed by atoms with E-state index < -0.39 is 5.54 Å². The summed E-state index contributed by atoms with van der Waals surface area (Å²) in [5.74, 6) is -0.324. The van der Waals surface area contributed by atoms with Crippen LogP contribution in [0.2, 0.25) is 0 Å². The van der Waals surface area contributed by atoms with Crippen LogP contribution in [0, 0.1) is 5.82 Å². The molecule has 2 rings (SSSR count). The van der Waals surface area contributed by atoms with Crippen molar-refractivity contribution >= 4 is 11.7 Å². The Hall–Kier alpha value is -1.78. The van der Waals surface area contributed by atoms with Crippen LogP contribution in [0.25, 0.3) is 0 Å². The molecule has 1 unspecified atom stereocenters. The molecule has 0 fully saturated rings. The SMILES string of the molecule is CC1(c2cc(N)ccc2F)CCOC(N)=N1. The van der Waals surface area contributed by atoms with Crippen molar-refractivity contribution in [1.29, 1.82) is 0 Å². The third-order valence-electron chi connectivity index (χ3n) is 2.77. The van der Waals surface area contributed by atoms with Gasteiger partial charge in [0.25, 0.3) is 6.02 Å². The first-order chi connectivity index (χ1) is 7.51. The lowest BCUT2D eigenvalue weighted by atomic mass is 9.88. The molecule has 1 aliphatic rings. The van der Waals surface area contributed by atoms with Crippen LogP contribution in [0.5, 0.6) is 0 Å². The molecule has 1 heterocycles. The summed E-state index contributed by atoms with van der Waals surface area (Å²) in [6.45, 7) is 2.25. The number of rotatable bonds is 1. The number of hydrogen-bond acceptors (Lipinski definition) is 4. The van der Waals surface area contributed by atoms with E-state index in [1.807, 2.05) is 6.92 Å². The van der Waals surface area contributed by atoms with Gasteiger partial charge in [-0.2, -0.15) is 0 Å². The van der Waals surface area contributed by atoms with Crippen LogP contribution in [0.4, 0.5) is 10.1 Å². The van der Waals surface area contributed by atoms with Crippen molar-refractivity contribution in [3.63, 3.8) is 0 Å². The van der Waals surface area contributed by atoms with Crippen molar-refractivity contribution in [2.24, 2.45) is 10.7 Å². The lowest BCUT2D eigenvalue weighted by Gasteiger charge is -2.30. The molecule has 1 aromatic rings. The summed E-state index contributed by atoms with van der Waals surface area (Å²) >= 11 is 0. The molecule has 0 spiro atoms. The molecule has 86 valence electrons. The highest BCUT2D eigenvalue weighted by Gasteiger charge is 2.32. The van der Waals surface area contributed by atoms with E-state index in [0.717, 1.165) is 0 Å². The quantitative estimate of drug-likeness (QED) is 0.706. The Morgan fingerprint density at radius 3 is 2.88 bits per heavy atom. The fraction of sp³-hybridized carbons (Fsp3) is 0.364. The van der Waals surface area contributed by atoms with E-state index in [2.05, 4.69) is 4.99 Å². The van der Waals surface area contributed by atoms with E-state index in [1.54, 1.807) is 6.07 Å². The number of nitrogens with two attached hydrogens (primary N) is 2. The summed E-state index contributed by atoms with van der Waals surface area (Å²) in [6, 6.07) is 4.55. The van der Waals surface area contributed by atoms with Crippen LogP contribution < -0.4 is 11.5 Å². The van der Waals surface area contributed by atoms with Crippen molar-refractivity contribution in [3.8, 4) is 0 Å². The molecule has 0 aliphatic carbocycles. The molecule has 1 atom stereocenters. The third-order valence-corrected chi connectivity index (χ3v) is 2.77. The Kier molecular flexibility index (Phi) is 2.46. The van der Waals surface area contributed by atoms with Crippen LogP contribution >= 0.6 is 0 Å². The zero-order chi connectivity index (χ0) is 11.8. The highest BCUT2D eigenvalue weighted by atomic mass is 19.1. The van der Waals surface area contributed by atoms with E-state index >= 15 is 0 Å². The smallest absolute Gasteiger partial charge is 0.282 e. The fourth-order valence-corrected chi connectivity index (χ4v) is 1.84. The van der Waals surface area contributed by atoms with Crippen LogP contribution in [-0.4, -0.2) is 12.6 Å².